The van der Waals surface area contributed by atoms with E-state index in [-0.39, 0.29) is 35.1 Å². The van der Waals surface area contributed by atoms with Crippen LogP contribution >= 0.6 is 0 Å². The lowest BCUT2D eigenvalue weighted by Crippen LogP contribution is -2.25. The van der Waals surface area contributed by atoms with Crippen molar-refractivity contribution in [2.24, 2.45) is 5.73 Å². The summed E-state index contributed by atoms with van der Waals surface area (Å²) in [4.78, 5) is 16.8. The molecule has 2 heterocycles. The van der Waals surface area contributed by atoms with Gasteiger partial charge < -0.3 is 25.1 Å². The van der Waals surface area contributed by atoms with Crippen LogP contribution in [0.4, 0.5) is 0 Å². The Labute approximate surface area is 173 Å². The maximum absolute atomic E-state index is 12.7. The van der Waals surface area contributed by atoms with Crippen molar-refractivity contribution >= 4 is 5.97 Å². The molecule has 154 valence electrons. The summed E-state index contributed by atoms with van der Waals surface area (Å²) in [5, 5.41) is 20.3. The van der Waals surface area contributed by atoms with Crippen LogP contribution in [0.15, 0.2) is 59.3 Å². The molecule has 1 aliphatic rings. The number of phenols is 1. The molecule has 1 aromatic heterocycles. The molecule has 1 aliphatic heterocycles. The topological polar surface area (TPSA) is 128 Å². The number of esters is 1. The van der Waals surface area contributed by atoms with E-state index in [0.29, 0.717) is 11.4 Å². The number of nitrogens with two attached hydrogens (primary N) is 1. The highest BCUT2D eigenvalue weighted by molar-refractivity contribution is 5.93. The first kappa shape index (κ1) is 20.7. The zero-order chi connectivity index (χ0) is 21.8. The molecule has 0 radical (unpaired) electrons. The maximum atomic E-state index is 12.7. The van der Waals surface area contributed by atoms with Gasteiger partial charge in [-0.25, -0.2) is 9.78 Å². The average Bonchev–Trinajstić information content (AvgIpc) is 2.74. The summed E-state index contributed by atoms with van der Waals surface area (Å²) in [7, 11) is 1.53. The Morgan fingerprint density at radius 3 is 2.67 bits per heavy atom. The van der Waals surface area contributed by atoms with Crippen LogP contribution in [0.2, 0.25) is 0 Å². The molecule has 3 N–H and O–H groups in total. The number of aromatic hydroxyl groups is 1. The minimum Gasteiger partial charge on any atom is -0.508 e. The highest BCUT2D eigenvalue weighted by Gasteiger charge is 2.37. The molecule has 0 saturated heterocycles. The minimum absolute atomic E-state index is 0.0176. The Morgan fingerprint density at radius 2 is 2.07 bits per heavy atom. The fourth-order valence-electron chi connectivity index (χ4n) is 3.30. The number of aromatic nitrogens is 1. The van der Waals surface area contributed by atoms with E-state index < -0.39 is 11.9 Å². The van der Waals surface area contributed by atoms with Gasteiger partial charge in [-0.3, -0.25) is 0 Å². The molecule has 1 unspecified atom stereocenters. The number of allylic oxidation sites excluding steroid dienone is 2. The molecule has 0 saturated carbocycles. The highest BCUT2D eigenvalue weighted by atomic mass is 16.5. The SMILES string of the molecule is CCOC(=O)C1=C(C)OC(N)=C(C#N)C1c1cc(-c2ccc(OC)nc2)ccc1O. The van der Waals surface area contributed by atoms with E-state index in [9.17, 15) is 15.2 Å². The number of methoxy groups -OCH3 is 1. The number of hydrogen-bond donors (Lipinski definition) is 2. The lowest BCUT2D eigenvalue weighted by atomic mass is 9.81. The summed E-state index contributed by atoms with van der Waals surface area (Å²) in [5.74, 6) is -1.12. The second-order valence-corrected chi connectivity index (χ2v) is 6.48. The third kappa shape index (κ3) is 3.78. The number of nitriles is 1. The van der Waals surface area contributed by atoms with E-state index in [1.54, 1.807) is 38.2 Å². The molecule has 0 fully saturated rings. The monoisotopic (exact) mass is 407 g/mol. The molecular weight excluding hydrogens is 386 g/mol. The fraction of sp³-hybridized carbons (Fsp3) is 0.227. The van der Waals surface area contributed by atoms with Gasteiger partial charge in [0.2, 0.25) is 11.8 Å². The van der Waals surface area contributed by atoms with Gasteiger partial charge in [-0.1, -0.05) is 6.07 Å². The molecule has 2 aromatic rings. The number of rotatable bonds is 5. The fourth-order valence-corrected chi connectivity index (χ4v) is 3.30. The van der Waals surface area contributed by atoms with Crippen LogP contribution in [0.25, 0.3) is 11.1 Å². The minimum atomic E-state index is -0.936. The van der Waals surface area contributed by atoms with Crippen molar-refractivity contribution in [3.8, 4) is 28.8 Å². The van der Waals surface area contributed by atoms with Crippen LogP contribution in [-0.4, -0.2) is 29.8 Å². The summed E-state index contributed by atoms with van der Waals surface area (Å²) in [6.07, 6.45) is 1.63. The summed E-state index contributed by atoms with van der Waals surface area (Å²) < 4.78 is 15.6. The van der Waals surface area contributed by atoms with E-state index in [1.807, 2.05) is 12.1 Å². The van der Waals surface area contributed by atoms with Crippen molar-refractivity contribution in [1.82, 2.24) is 4.98 Å². The Bertz CT molecular complexity index is 1080. The van der Waals surface area contributed by atoms with Gasteiger partial charge in [0.05, 0.1) is 25.2 Å². The number of pyridine rings is 1. The van der Waals surface area contributed by atoms with Crippen molar-refractivity contribution in [2.75, 3.05) is 13.7 Å². The molecule has 8 nitrogen and oxygen atoms in total. The van der Waals surface area contributed by atoms with Crippen LogP contribution in [0, 0.1) is 11.3 Å². The third-order valence-electron chi connectivity index (χ3n) is 4.72. The van der Waals surface area contributed by atoms with Crippen LogP contribution in [0.3, 0.4) is 0 Å². The van der Waals surface area contributed by atoms with Gasteiger partial charge in [0.1, 0.15) is 23.2 Å². The number of carbonyl (C=O) groups excluding carboxylic acids is 1. The van der Waals surface area contributed by atoms with Crippen molar-refractivity contribution in [1.29, 1.82) is 5.26 Å². The maximum Gasteiger partial charge on any atom is 0.338 e. The van der Waals surface area contributed by atoms with E-state index >= 15 is 0 Å². The smallest absolute Gasteiger partial charge is 0.338 e. The molecular formula is C22H21N3O5. The van der Waals surface area contributed by atoms with Crippen LogP contribution in [0.5, 0.6) is 11.6 Å². The number of hydrogen-bond acceptors (Lipinski definition) is 8. The largest absolute Gasteiger partial charge is 0.508 e. The molecule has 8 heteroatoms. The van der Waals surface area contributed by atoms with Gasteiger partial charge in [-0.15, -0.1) is 0 Å². The van der Waals surface area contributed by atoms with Gasteiger partial charge in [-0.2, -0.15) is 5.26 Å². The lowest BCUT2D eigenvalue weighted by Gasteiger charge is -2.27. The van der Waals surface area contributed by atoms with E-state index in [1.165, 1.54) is 13.2 Å². The van der Waals surface area contributed by atoms with Gasteiger partial charge in [0.25, 0.3) is 0 Å². The Kier molecular flexibility index (Phi) is 5.93. The first-order chi connectivity index (χ1) is 14.4. The average molecular weight is 407 g/mol. The van der Waals surface area contributed by atoms with E-state index in [0.717, 1.165) is 11.1 Å². The molecule has 1 atom stereocenters. The summed E-state index contributed by atoms with van der Waals surface area (Å²) in [6, 6.07) is 10.4. The number of phenolic OH excluding ortho intramolecular Hbond substituents is 1. The van der Waals surface area contributed by atoms with Crippen molar-refractivity contribution in [2.45, 2.75) is 19.8 Å². The second-order valence-electron chi connectivity index (χ2n) is 6.48. The summed E-state index contributed by atoms with van der Waals surface area (Å²) >= 11 is 0. The molecule has 30 heavy (non-hydrogen) atoms. The molecule has 0 aliphatic carbocycles. The zero-order valence-corrected chi connectivity index (χ0v) is 16.8. The van der Waals surface area contributed by atoms with Gasteiger partial charge >= 0.3 is 5.97 Å². The Morgan fingerprint density at radius 1 is 1.33 bits per heavy atom. The Hall–Kier alpha value is -3.99. The van der Waals surface area contributed by atoms with Crippen molar-refractivity contribution < 1.29 is 24.1 Å². The van der Waals surface area contributed by atoms with Crippen LogP contribution in [-0.2, 0) is 14.3 Å². The van der Waals surface area contributed by atoms with E-state index in [2.05, 4.69) is 4.98 Å². The number of nitrogens with zero attached hydrogens (tertiary/aromatic N) is 2. The summed E-state index contributed by atoms with van der Waals surface area (Å²) in [5.41, 5.74) is 7.86. The second kappa shape index (κ2) is 8.57. The highest BCUT2D eigenvalue weighted by Crippen LogP contribution is 2.43. The van der Waals surface area contributed by atoms with Gasteiger partial charge in [0.15, 0.2) is 0 Å². The van der Waals surface area contributed by atoms with Crippen LogP contribution in [0.1, 0.15) is 25.3 Å². The molecule has 0 bridgehead atoms. The van der Waals surface area contributed by atoms with Crippen molar-refractivity contribution in [3.05, 3.63) is 64.9 Å². The predicted octanol–water partition coefficient (Wildman–Crippen LogP) is 3.11. The third-order valence-corrected chi connectivity index (χ3v) is 4.72. The van der Waals surface area contributed by atoms with Crippen LogP contribution < -0.4 is 10.5 Å². The molecule has 3 rings (SSSR count). The Balaban J connectivity index is 2.17. The van der Waals surface area contributed by atoms with Gasteiger partial charge in [-0.05, 0) is 37.6 Å². The lowest BCUT2D eigenvalue weighted by molar-refractivity contribution is -0.139. The normalized spacial score (nSPS) is 16.0. The number of ether oxygens (including phenoxy) is 3. The first-order valence-corrected chi connectivity index (χ1v) is 9.20. The standard InChI is InChI=1S/C22H21N3O5/c1-4-29-22(27)19-12(2)30-21(24)16(10-23)20(19)15-9-13(5-7-17(15)26)14-6-8-18(28-3)25-11-14/h5-9,11,20,26H,4,24H2,1-3H3. The molecule has 1 aromatic carbocycles. The van der Waals surface area contributed by atoms with Crippen molar-refractivity contribution in [3.63, 3.8) is 0 Å². The summed E-state index contributed by atoms with van der Waals surface area (Å²) in [6.45, 7) is 3.39. The zero-order valence-electron chi connectivity index (χ0n) is 16.8. The first-order valence-electron chi connectivity index (χ1n) is 9.20. The molecule has 0 spiro atoms. The number of carbonyl (C=O) groups is 1. The van der Waals surface area contributed by atoms with Gasteiger partial charge in [0, 0.05) is 23.4 Å². The molecule has 0 amide bonds. The number of benzene rings is 1. The predicted molar refractivity (Wildman–Crippen MR) is 108 cm³/mol. The van der Waals surface area contributed by atoms with E-state index in [4.69, 9.17) is 19.9 Å². The quantitative estimate of drug-likeness (QED) is 0.724.